The number of aromatic nitrogens is 1. The molecule has 2 heterocycles. The number of rotatable bonds is 7. The lowest BCUT2D eigenvalue weighted by molar-refractivity contribution is 0.0905. The molecule has 0 aliphatic carbocycles. The van der Waals surface area contributed by atoms with Gasteiger partial charge in [-0.25, -0.2) is 27.0 Å². The fourth-order valence-electron chi connectivity index (χ4n) is 4.08. The van der Waals surface area contributed by atoms with Gasteiger partial charge in [0.05, 0.1) is 11.0 Å². The first-order chi connectivity index (χ1) is 16.0. The van der Waals surface area contributed by atoms with Crippen molar-refractivity contribution in [2.24, 2.45) is 0 Å². The van der Waals surface area contributed by atoms with Crippen LogP contribution in [0.1, 0.15) is 18.1 Å². The number of hydrogen-bond donors (Lipinski definition) is 2. The number of nitrogens with zero attached hydrogens (tertiary/aromatic N) is 3. The van der Waals surface area contributed by atoms with E-state index in [1.54, 1.807) is 0 Å². The van der Waals surface area contributed by atoms with Crippen molar-refractivity contribution in [3.63, 3.8) is 0 Å². The molecule has 12 heteroatoms. The summed E-state index contributed by atoms with van der Waals surface area (Å²) in [7, 11) is -5.11. The molecule has 0 atom stereocenters. The van der Waals surface area contributed by atoms with Crippen molar-refractivity contribution in [1.29, 1.82) is 0 Å². The molecule has 1 aliphatic heterocycles. The van der Waals surface area contributed by atoms with Gasteiger partial charge in [-0.1, -0.05) is 30.3 Å². The number of anilines is 2. The highest BCUT2D eigenvalue weighted by molar-refractivity contribution is 7.93. The number of likely N-dealkylation sites (tertiary alicyclic amines) is 1. The van der Waals surface area contributed by atoms with Gasteiger partial charge in [-0.2, -0.15) is 0 Å². The summed E-state index contributed by atoms with van der Waals surface area (Å²) in [5.41, 5.74) is 1.85. The van der Waals surface area contributed by atoms with Gasteiger partial charge in [-0.15, -0.1) is 15.6 Å². The van der Waals surface area contributed by atoms with Crippen LogP contribution in [-0.2, 0) is 16.6 Å². The van der Waals surface area contributed by atoms with Crippen LogP contribution in [0.5, 0.6) is 0 Å². The van der Waals surface area contributed by atoms with Gasteiger partial charge in [0.2, 0.25) is 0 Å². The number of thiazole rings is 1. The summed E-state index contributed by atoms with van der Waals surface area (Å²) in [5.74, 6) is -3.21. The second-order valence-corrected chi connectivity index (χ2v) is 10.8. The Kier molecular flexibility index (Phi) is 6.32. The van der Waals surface area contributed by atoms with Crippen LogP contribution in [0.3, 0.4) is 0 Å². The first-order valence-corrected chi connectivity index (χ1v) is 12.6. The molecule has 34 heavy (non-hydrogen) atoms. The SMILES string of the molecule is Cc1c(NC2(C)CN(Cc3ccccc3)C2)cc(F)c(S(=O)(=O)N(C(=O)O)c2cscn2)c1F. The third-order valence-corrected chi connectivity index (χ3v) is 7.84. The molecule has 1 saturated heterocycles. The Morgan fingerprint density at radius 2 is 1.97 bits per heavy atom. The Morgan fingerprint density at radius 1 is 1.29 bits per heavy atom. The lowest BCUT2D eigenvalue weighted by Gasteiger charge is -2.49. The second kappa shape index (κ2) is 8.93. The summed E-state index contributed by atoms with van der Waals surface area (Å²) in [4.78, 5) is 16.1. The molecule has 0 spiro atoms. The number of halogens is 2. The zero-order chi connectivity index (χ0) is 24.7. The third kappa shape index (κ3) is 4.48. The molecule has 0 unspecified atom stereocenters. The molecular formula is C22H22F2N4O4S2. The molecule has 180 valence electrons. The van der Waals surface area contributed by atoms with Crippen molar-refractivity contribution >= 4 is 39.0 Å². The van der Waals surface area contributed by atoms with E-state index in [1.807, 2.05) is 37.3 Å². The number of carbonyl (C=O) groups is 1. The predicted octanol–water partition coefficient (Wildman–Crippen LogP) is 4.29. The first-order valence-electron chi connectivity index (χ1n) is 10.2. The number of nitrogens with one attached hydrogen (secondary N) is 1. The van der Waals surface area contributed by atoms with Crippen LogP contribution in [0.15, 0.2) is 52.2 Å². The quantitative estimate of drug-likeness (QED) is 0.491. The summed E-state index contributed by atoms with van der Waals surface area (Å²) < 4.78 is 56.0. The predicted molar refractivity (Wildman–Crippen MR) is 125 cm³/mol. The van der Waals surface area contributed by atoms with E-state index in [0.29, 0.717) is 13.1 Å². The molecule has 2 N–H and O–H groups in total. The van der Waals surface area contributed by atoms with Gasteiger partial charge < -0.3 is 10.4 Å². The summed E-state index contributed by atoms with van der Waals surface area (Å²) in [6, 6.07) is 10.8. The van der Waals surface area contributed by atoms with Gasteiger partial charge in [-0.05, 0) is 25.5 Å². The van der Waals surface area contributed by atoms with Crippen molar-refractivity contribution in [2.75, 3.05) is 22.7 Å². The molecule has 0 radical (unpaired) electrons. The topological polar surface area (TPSA) is 103 Å². The highest BCUT2D eigenvalue weighted by Gasteiger charge is 2.41. The molecule has 1 aliphatic rings. The second-order valence-electron chi connectivity index (χ2n) is 8.39. The number of amides is 1. The first kappa shape index (κ1) is 24.0. The zero-order valence-corrected chi connectivity index (χ0v) is 20.0. The minimum atomic E-state index is -5.11. The summed E-state index contributed by atoms with van der Waals surface area (Å²) >= 11 is 0.944. The minimum absolute atomic E-state index is 0.103. The number of carboxylic acid groups (broad SMARTS) is 1. The molecule has 1 fully saturated rings. The molecule has 3 aromatic rings. The van der Waals surface area contributed by atoms with Crippen LogP contribution in [0.25, 0.3) is 0 Å². The van der Waals surface area contributed by atoms with Crippen molar-refractivity contribution < 1.29 is 27.1 Å². The maximum absolute atomic E-state index is 15.2. The molecular weight excluding hydrogens is 486 g/mol. The lowest BCUT2D eigenvalue weighted by atomic mass is 9.90. The molecule has 1 amide bonds. The number of benzene rings is 2. The fraction of sp³-hybridized carbons (Fsp3) is 0.273. The molecule has 0 bridgehead atoms. The highest BCUT2D eigenvalue weighted by Crippen LogP contribution is 2.35. The van der Waals surface area contributed by atoms with Gasteiger partial charge in [0.1, 0.15) is 5.82 Å². The largest absolute Gasteiger partial charge is 0.464 e. The van der Waals surface area contributed by atoms with Gasteiger partial charge in [0.25, 0.3) is 10.0 Å². The van der Waals surface area contributed by atoms with Crippen molar-refractivity contribution in [2.45, 2.75) is 30.8 Å². The van der Waals surface area contributed by atoms with Gasteiger partial charge in [0.15, 0.2) is 16.5 Å². The molecule has 0 saturated carbocycles. The average molecular weight is 509 g/mol. The zero-order valence-electron chi connectivity index (χ0n) is 18.3. The Balaban J connectivity index is 1.58. The Hall–Kier alpha value is -3.09. The van der Waals surface area contributed by atoms with Crippen LogP contribution in [0.4, 0.5) is 25.1 Å². The number of sulfonamides is 1. The summed E-state index contributed by atoms with van der Waals surface area (Å²) in [6.07, 6.45) is -1.93. The van der Waals surface area contributed by atoms with E-state index < -0.39 is 44.0 Å². The molecule has 8 nitrogen and oxygen atoms in total. The fourth-order valence-corrected chi connectivity index (χ4v) is 6.08. The Bertz CT molecular complexity index is 1310. The van der Waals surface area contributed by atoms with Crippen molar-refractivity contribution in [1.82, 2.24) is 9.88 Å². The van der Waals surface area contributed by atoms with E-state index in [0.717, 1.165) is 34.9 Å². The van der Waals surface area contributed by atoms with Gasteiger partial charge >= 0.3 is 6.09 Å². The monoisotopic (exact) mass is 508 g/mol. The maximum atomic E-state index is 15.2. The Morgan fingerprint density at radius 3 is 2.56 bits per heavy atom. The van der Waals surface area contributed by atoms with Crippen LogP contribution in [0.2, 0.25) is 0 Å². The normalized spacial score (nSPS) is 15.5. The van der Waals surface area contributed by atoms with E-state index in [9.17, 15) is 18.3 Å². The summed E-state index contributed by atoms with van der Waals surface area (Å²) in [5, 5.41) is 13.7. The smallest absolute Gasteiger partial charge is 0.427 e. The van der Waals surface area contributed by atoms with Crippen LogP contribution in [0, 0.1) is 18.6 Å². The van der Waals surface area contributed by atoms with E-state index in [-0.39, 0.29) is 15.6 Å². The maximum Gasteiger partial charge on any atom is 0.427 e. The van der Waals surface area contributed by atoms with Crippen LogP contribution < -0.4 is 9.62 Å². The van der Waals surface area contributed by atoms with Crippen molar-refractivity contribution in [3.05, 3.63) is 70.1 Å². The van der Waals surface area contributed by atoms with Crippen LogP contribution in [-0.4, -0.2) is 48.1 Å². The van der Waals surface area contributed by atoms with Crippen LogP contribution >= 0.6 is 11.3 Å². The standard InChI is InChI=1S/C22H22F2N4O4S2/c1-14-17(26-22(2)11-27(12-22)9-15-6-4-3-5-7-15)8-16(23)20(19(14)24)34(31,32)28(21(29)30)18-10-33-13-25-18/h3-8,10,13,26H,9,11-12H2,1-2H3,(H,29,30). The molecule has 4 rings (SSSR count). The highest BCUT2D eigenvalue weighted by atomic mass is 32.2. The molecule has 1 aromatic heterocycles. The third-order valence-electron chi connectivity index (χ3n) is 5.55. The van der Waals surface area contributed by atoms with E-state index in [2.05, 4.69) is 15.2 Å². The van der Waals surface area contributed by atoms with E-state index in [4.69, 9.17) is 0 Å². The minimum Gasteiger partial charge on any atom is -0.464 e. The van der Waals surface area contributed by atoms with Crippen molar-refractivity contribution in [3.8, 4) is 0 Å². The Labute approximate surface area is 199 Å². The van der Waals surface area contributed by atoms with E-state index >= 15 is 8.78 Å². The molecule has 2 aromatic carbocycles. The van der Waals surface area contributed by atoms with E-state index in [1.165, 1.54) is 12.4 Å². The number of hydrogen-bond acceptors (Lipinski definition) is 7. The summed E-state index contributed by atoms with van der Waals surface area (Å²) in [6.45, 7) is 5.18. The van der Waals surface area contributed by atoms with Gasteiger partial charge in [0, 0.05) is 36.3 Å². The lowest BCUT2D eigenvalue weighted by Crippen LogP contribution is -2.63. The van der Waals surface area contributed by atoms with Gasteiger partial charge in [-0.3, -0.25) is 4.90 Å². The average Bonchev–Trinajstić information content (AvgIpc) is 3.24.